The summed E-state index contributed by atoms with van der Waals surface area (Å²) in [7, 11) is 0. The van der Waals surface area contributed by atoms with Crippen molar-refractivity contribution in [1.29, 1.82) is 0 Å². The Hall–Kier alpha value is -0.570. The predicted molar refractivity (Wildman–Crippen MR) is 65.2 cm³/mol. The molecule has 92 valence electrons. The maximum atomic E-state index is 11.5. The molecular weight excluding hydrogens is 200 g/mol. The number of nitrogens with one attached hydrogen (secondary N) is 2. The average molecular weight is 224 g/mol. The lowest BCUT2D eigenvalue weighted by molar-refractivity contribution is -0.121. The molecule has 2 saturated carbocycles. The molecule has 2 rings (SSSR count). The van der Waals surface area contributed by atoms with E-state index >= 15 is 0 Å². The highest BCUT2D eigenvalue weighted by atomic mass is 16.1. The van der Waals surface area contributed by atoms with Crippen LogP contribution in [0.2, 0.25) is 0 Å². The fourth-order valence-corrected chi connectivity index (χ4v) is 2.49. The average Bonchev–Trinajstić information content (AvgIpc) is 2.96. The second-order valence-electron chi connectivity index (χ2n) is 5.27. The van der Waals surface area contributed by atoms with Crippen molar-refractivity contribution in [3.63, 3.8) is 0 Å². The maximum absolute atomic E-state index is 11.5. The van der Waals surface area contributed by atoms with Gasteiger partial charge in [0.2, 0.25) is 5.91 Å². The van der Waals surface area contributed by atoms with Gasteiger partial charge in [0.1, 0.15) is 0 Å². The smallest absolute Gasteiger partial charge is 0.220 e. The van der Waals surface area contributed by atoms with E-state index in [0.717, 1.165) is 37.9 Å². The highest BCUT2D eigenvalue weighted by Crippen LogP contribution is 2.28. The van der Waals surface area contributed by atoms with Crippen LogP contribution in [-0.4, -0.2) is 25.0 Å². The summed E-state index contributed by atoms with van der Waals surface area (Å²) in [6.07, 6.45) is 9.89. The third-order valence-electron chi connectivity index (χ3n) is 3.71. The third kappa shape index (κ3) is 4.52. The zero-order valence-electron chi connectivity index (χ0n) is 10.1. The molecule has 0 radical (unpaired) electrons. The van der Waals surface area contributed by atoms with Crippen LogP contribution in [0, 0.1) is 5.92 Å². The van der Waals surface area contributed by atoms with Gasteiger partial charge in [-0.2, -0.15) is 0 Å². The van der Waals surface area contributed by atoms with Gasteiger partial charge in [-0.05, 0) is 25.2 Å². The van der Waals surface area contributed by atoms with Crippen LogP contribution in [0.4, 0.5) is 0 Å². The second-order valence-corrected chi connectivity index (χ2v) is 5.27. The van der Waals surface area contributed by atoms with Gasteiger partial charge < -0.3 is 10.6 Å². The minimum absolute atomic E-state index is 0.240. The first-order valence-electron chi connectivity index (χ1n) is 6.84. The first-order valence-corrected chi connectivity index (χ1v) is 6.84. The Kier molecular flexibility index (Phi) is 4.64. The van der Waals surface area contributed by atoms with E-state index in [2.05, 4.69) is 10.6 Å². The fraction of sp³-hybridized carbons (Fsp3) is 0.923. The standard InChI is InChI=1S/C13H24N2O/c16-13(8-5-11-3-1-2-4-11)15-10-9-14-12-6-7-12/h11-12,14H,1-10H2,(H,15,16). The zero-order valence-corrected chi connectivity index (χ0v) is 10.1. The molecular formula is C13H24N2O. The Balaban J connectivity index is 1.43. The summed E-state index contributed by atoms with van der Waals surface area (Å²) < 4.78 is 0. The van der Waals surface area contributed by atoms with E-state index in [9.17, 15) is 4.79 Å². The van der Waals surface area contributed by atoms with Gasteiger partial charge in [-0.25, -0.2) is 0 Å². The van der Waals surface area contributed by atoms with E-state index in [1.54, 1.807) is 0 Å². The summed E-state index contributed by atoms with van der Waals surface area (Å²) in [5.41, 5.74) is 0. The fourth-order valence-electron chi connectivity index (χ4n) is 2.49. The number of amides is 1. The van der Waals surface area contributed by atoms with E-state index in [1.807, 2.05) is 0 Å². The van der Waals surface area contributed by atoms with E-state index in [4.69, 9.17) is 0 Å². The van der Waals surface area contributed by atoms with E-state index in [-0.39, 0.29) is 5.91 Å². The van der Waals surface area contributed by atoms with Crippen LogP contribution >= 0.6 is 0 Å². The molecule has 0 aromatic carbocycles. The monoisotopic (exact) mass is 224 g/mol. The lowest BCUT2D eigenvalue weighted by atomic mass is 10.0. The molecule has 0 heterocycles. The first kappa shape index (κ1) is 11.9. The Morgan fingerprint density at radius 1 is 1.06 bits per heavy atom. The minimum atomic E-state index is 0.240. The van der Waals surface area contributed by atoms with Gasteiger partial charge >= 0.3 is 0 Å². The molecule has 3 heteroatoms. The quantitative estimate of drug-likeness (QED) is 0.648. The van der Waals surface area contributed by atoms with Gasteiger partial charge in [0.25, 0.3) is 0 Å². The molecule has 2 N–H and O–H groups in total. The largest absolute Gasteiger partial charge is 0.355 e. The zero-order chi connectivity index (χ0) is 11.2. The summed E-state index contributed by atoms with van der Waals surface area (Å²) in [5, 5.41) is 6.38. The lowest BCUT2D eigenvalue weighted by Gasteiger charge is -2.09. The van der Waals surface area contributed by atoms with E-state index in [0.29, 0.717) is 0 Å². The van der Waals surface area contributed by atoms with Crippen molar-refractivity contribution in [2.75, 3.05) is 13.1 Å². The van der Waals surface area contributed by atoms with E-state index in [1.165, 1.54) is 38.5 Å². The second kappa shape index (κ2) is 6.24. The van der Waals surface area contributed by atoms with Crippen LogP contribution < -0.4 is 10.6 Å². The molecule has 2 aliphatic carbocycles. The van der Waals surface area contributed by atoms with Crippen molar-refractivity contribution in [1.82, 2.24) is 10.6 Å². The molecule has 2 fully saturated rings. The van der Waals surface area contributed by atoms with Gasteiger partial charge in [0, 0.05) is 25.6 Å². The number of rotatable bonds is 7. The maximum Gasteiger partial charge on any atom is 0.220 e. The third-order valence-corrected chi connectivity index (χ3v) is 3.71. The van der Waals surface area contributed by atoms with Crippen molar-refractivity contribution in [2.24, 2.45) is 5.92 Å². The van der Waals surface area contributed by atoms with Gasteiger partial charge in [-0.3, -0.25) is 4.79 Å². The van der Waals surface area contributed by atoms with Crippen LogP contribution in [0.15, 0.2) is 0 Å². The van der Waals surface area contributed by atoms with Crippen molar-refractivity contribution < 1.29 is 4.79 Å². The topological polar surface area (TPSA) is 41.1 Å². The van der Waals surface area contributed by atoms with Gasteiger partial charge in [0.05, 0.1) is 0 Å². The molecule has 0 saturated heterocycles. The molecule has 0 aliphatic heterocycles. The molecule has 1 amide bonds. The summed E-state index contributed by atoms with van der Waals surface area (Å²) >= 11 is 0. The van der Waals surface area contributed by atoms with Gasteiger partial charge in [-0.1, -0.05) is 25.7 Å². The highest BCUT2D eigenvalue weighted by Gasteiger charge is 2.19. The predicted octanol–water partition coefficient (Wildman–Crippen LogP) is 1.82. The Labute approximate surface area is 98.4 Å². The van der Waals surface area contributed by atoms with Crippen molar-refractivity contribution in [2.45, 2.75) is 57.4 Å². The molecule has 16 heavy (non-hydrogen) atoms. The minimum Gasteiger partial charge on any atom is -0.355 e. The van der Waals surface area contributed by atoms with Crippen LogP contribution in [0.5, 0.6) is 0 Å². The highest BCUT2D eigenvalue weighted by molar-refractivity contribution is 5.75. The number of carbonyl (C=O) groups is 1. The summed E-state index contributed by atoms with van der Waals surface area (Å²) in [6, 6.07) is 0.746. The van der Waals surface area contributed by atoms with Crippen molar-refractivity contribution >= 4 is 5.91 Å². The number of hydrogen-bond acceptors (Lipinski definition) is 2. The molecule has 0 atom stereocenters. The Bertz CT molecular complexity index is 220. The Morgan fingerprint density at radius 2 is 1.81 bits per heavy atom. The van der Waals surface area contributed by atoms with E-state index < -0.39 is 0 Å². The van der Waals surface area contributed by atoms with Crippen molar-refractivity contribution in [3.05, 3.63) is 0 Å². The number of hydrogen-bond donors (Lipinski definition) is 2. The summed E-state index contributed by atoms with van der Waals surface area (Å²) in [4.78, 5) is 11.5. The van der Waals surface area contributed by atoms with Gasteiger partial charge in [-0.15, -0.1) is 0 Å². The van der Waals surface area contributed by atoms with Crippen LogP contribution in [0.1, 0.15) is 51.4 Å². The molecule has 0 aromatic rings. The molecule has 2 aliphatic rings. The summed E-state index contributed by atoms with van der Waals surface area (Å²) in [6.45, 7) is 1.72. The molecule has 0 bridgehead atoms. The SMILES string of the molecule is O=C(CCC1CCCC1)NCCNC1CC1. The molecule has 0 unspecified atom stereocenters. The van der Waals surface area contributed by atoms with Gasteiger partial charge in [0.15, 0.2) is 0 Å². The van der Waals surface area contributed by atoms with Crippen molar-refractivity contribution in [3.8, 4) is 0 Å². The van der Waals surface area contributed by atoms with Crippen LogP contribution in [0.3, 0.4) is 0 Å². The van der Waals surface area contributed by atoms with Crippen LogP contribution in [0.25, 0.3) is 0 Å². The molecule has 0 spiro atoms. The Morgan fingerprint density at radius 3 is 2.50 bits per heavy atom. The summed E-state index contributed by atoms with van der Waals surface area (Å²) in [5.74, 6) is 1.07. The normalized spacial score (nSPS) is 21.2. The first-order chi connectivity index (χ1) is 7.84. The molecule has 3 nitrogen and oxygen atoms in total. The lowest BCUT2D eigenvalue weighted by Crippen LogP contribution is -2.32. The van der Waals surface area contributed by atoms with Crippen LogP contribution in [-0.2, 0) is 4.79 Å². The molecule has 0 aromatic heterocycles. The number of carbonyl (C=O) groups excluding carboxylic acids is 1.